The molecule has 0 bridgehead atoms. The van der Waals surface area contributed by atoms with E-state index in [0.29, 0.717) is 11.0 Å². The number of rotatable bonds is 7. The summed E-state index contributed by atoms with van der Waals surface area (Å²) in [6.07, 6.45) is 3.37. The zero-order valence-electron chi connectivity index (χ0n) is 9.24. The summed E-state index contributed by atoms with van der Waals surface area (Å²) < 4.78 is 0. The minimum Gasteiger partial charge on any atom is -0.396 e. The van der Waals surface area contributed by atoms with Crippen LogP contribution in [-0.2, 0) is 0 Å². The minimum absolute atomic E-state index is 0.191. The van der Waals surface area contributed by atoms with Crippen molar-refractivity contribution in [2.75, 3.05) is 24.2 Å². The van der Waals surface area contributed by atoms with E-state index >= 15 is 0 Å². The predicted octanol–water partition coefficient (Wildman–Crippen LogP) is 2.43. The van der Waals surface area contributed by atoms with Gasteiger partial charge in [0.25, 0.3) is 0 Å². The lowest BCUT2D eigenvalue weighted by atomic mass is 10.5. The summed E-state index contributed by atoms with van der Waals surface area (Å²) in [5, 5.41) is 13.1. The van der Waals surface area contributed by atoms with Crippen molar-refractivity contribution < 1.29 is 5.11 Å². The van der Waals surface area contributed by atoms with Crippen molar-refractivity contribution in [2.45, 2.75) is 24.8 Å². The molecule has 6 heteroatoms. The van der Waals surface area contributed by atoms with Gasteiger partial charge in [-0.05, 0) is 12.8 Å². The molecule has 0 spiro atoms. The van der Waals surface area contributed by atoms with Crippen molar-refractivity contribution in [2.24, 2.45) is 0 Å². The van der Waals surface area contributed by atoms with Crippen LogP contribution in [0.3, 0.4) is 0 Å². The lowest BCUT2D eigenvalue weighted by Crippen LogP contribution is -2.04. The first kappa shape index (κ1) is 13.5. The molecule has 90 valence electrons. The summed E-state index contributed by atoms with van der Waals surface area (Å²) in [6.45, 7) is 3.12. The maximum atomic E-state index is 8.69. The fourth-order valence-electron chi connectivity index (χ4n) is 1.01. The predicted molar refractivity (Wildman–Crippen MR) is 68.2 cm³/mol. The molecule has 1 aromatic rings. The van der Waals surface area contributed by atoms with E-state index < -0.39 is 0 Å². The third-order valence-corrected chi connectivity index (χ3v) is 3.25. The van der Waals surface area contributed by atoms with Crippen molar-refractivity contribution in [3.8, 4) is 0 Å². The van der Waals surface area contributed by atoms with Gasteiger partial charge in [-0.1, -0.05) is 18.5 Å². The molecule has 0 aliphatic heterocycles. The molecule has 16 heavy (non-hydrogen) atoms. The van der Waals surface area contributed by atoms with E-state index in [-0.39, 0.29) is 6.61 Å². The second-order valence-electron chi connectivity index (χ2n) is 3.20. The van der Waals surface area contributed by atoms with Crippen molar-refractivity contribution in [1.29, 1.82) is 0 Å². The molecule has 0 atom stereocenters. The monoisotopic (exact) mass is 261 g/mol. The molecule has 0 saturated carbocycles. The smallest absolute Gasteiger partial charge is 0.223 e. The van der Waals surface area contributed by atoms with E-state index in [0.717, 1.165) is 30.2 Å². The number of nitrogens with one attached hydrogen (secondary N) is 1. The van der Waals surface area contributed by atoms with Crippen LogP contribution in [0.5, 0.6) is 0 Å². The summed E-state index contributed by atoms with van der Waals surface area (Å²) in [5.41, 5.74) is 0. The van der Waals surface area contributed by atoms with Crippen molar-refractivity contribution in [1.82, 2.24) is 9.97 Å². The third kappa shape index (κ3) is 4.55. The van der Waals surface area contributed by atoms with E-state index in [4.69, 9.17) is 16.7 Å². The summed E-state index contributed by atoms with van der Waals surface area (Å²) in [4.78, 5) is 8.40. The van der Waals surface area contributed by atoms with Gasteiger partial charge in [-0.2, -0.15) is 0 Å². The third-order valence-electron chi connectivity index (χ3n) is 1.79. The van der Waals surface area contributed by atoms with Crippen LogP contribution in [0, 0.1) is 0 Å². The van der Waals surface area contributed by atoms with Crippen LogP contribution in [0.2, 0.25) is 5.02 Å². The Morgan fingerprint density at radius 2 is 2.38 bits per heavy atom. The van der Waals surface area contributed by atoms with Gasteiger partial charge >= 0.3 is 0 Å². The van der Waals surface area contributed by atoms with Gasteiger partial charge < -0.3 is 10.4 Å². The summed E-state index contributed by atoms with van der Waals surface area (Å²) in [7, 11) is 0. The summed E-state index contributed by atoms with van der Waals surface area (Å²) in [6, 6.07) is 0. The standard InChI is InChI=1S/C10H16ClN3OS/c1-2-4-12-10-13-7-8(11)9(14-10)16-6-3-5-15/h7,15H,2-6H2,1H3,(H,12,13,14). The number of anilines is 1. The van der Waals surface area contributed by atoms with E-state index in [9.17, 15) is 0 Å². The van der Waals surface area contributed by atoms with Gasteiger partial charge in [0.1, 0.15) is 5.03 Å². The Morgan fingerprint density at radius 3 is 3.06 bits per heavy atom. The van der Waals surface area contributed by atoms with Gasteiger partial charge in [0.2, 0.25) is 5.95 Å². The lowest BCUT2D eigenvalue weighted by molar-refractivity contribution is 0.296. The number of hydrogen-bond donors (Lipinski definition) is 2. The molecule has 0 fully saturated rings. The highest BCUT2D eigenvalue weighted by Crippen LogP contribution is 2.25. The zero-order valence-corrected chi connectivity index (χ0v) is 10.8. The summed E-state index contributed by atoms with van der Waals surface area (Å²) in [5.74, 6) is 1.42. The van der Waals surface area contributed by atoms with Crippen LogP contribution in [0.25, 0.3) is 0 Å². The second kappa shape index (κ2) is 7.70. The molecule has 0 aliphatic rings. The molecule has 4 nitrogen and oxygen atoms in total. The molecule has 0 unspecified atom stereocenters. The first-order valence-electron chi connectivity index (χ1n) is 5.28. The van der Waals surface area contributed by atoms with Crippen LogP contribution >= 0.6 is 23.4 Å². The van der Waals surface area contributed by atoms with Crippen LogP contribution in [0.15, 0.2) is 11.2 Å². The van der Waals surface area contributed by atoms with Crippen molar-refractivity contribution in [3.05, 3.63) is 11.2 Å². The number of aliphatic hydroxyl groups excluding tert-OH is 1. The van der Waals surface area contributed by atoms with E-state index in [1.54, 1.807) is 6.20 Å². The minimum atomic E-state index is 0.191. The normalized spacial score (nSPS) is 10.4. The first-order valence-corrected chi connectivity index (χ1v) is 6.64. The van der Waals surface area contributed by atoms with E-state index in [1.165, 1.54) is 11.8 Å². The van der Waals surface area contributed by atoms with Crippen LogP contribution < -0.4 is 5.32 Å². The quantitative estimate of drug-likeness (QED) is 0.449. The number of thioether (sulfide) groups is 1. The zero-order chi connectivity index (χ0) is 11.8. The van der Waals surface area contributed by atoms with Crippen molar-refractivity contribution >= 4 is 29.3 Å². The fraction of sp³-hybridized carbons (Fsp3) is 0.600. The Hall–Kier alpha value is -0.520. The molecule has 2 N–H and O–H groups in total. The number of nitrogens with zero attached hydrogens (tertiary/aromatic N) is 2. The highest BCUT2D eigenvalue weighted by molar-refractivity contribution is 7.99. The Kier molecular flexibility index (Phi) is 6.52. The summed E-state index contributed by atoms with van der Waals surface area (Å²) >= 11 is 7.51. The van der Waals surface area contributed by atoms with Crippen molar-refractivity contribution in [3.63, 3.8) is 0 Å². The molecule has 0 amide bonds. The van der Waals surface area contributed by atoms with Crippen LogP contribution in [0.4, 0.5) is 5.95 Å². The molecule has 0 aromatic carbocycles. The van der Waals surface area contributed by atoms with Gasteiger partial charge in [-0.25, -0.2) is 9.97 Å². The van der Waals surface area contributed by atoms with E-state index in [1.807, 2.05) is 0 Å². The number of aromatic nitrogens is 2. The average Bonchev–Trinajstić information content (AvgIpc) is 2.30. The first-order chi connectivity index (χ1) is 7.77. The van der Waals surface area contributed by atoms with Gasteiger partial charge in [-0.3, -0.25) is 0 Å². The lowest BCUT2D eigenvalue weighted by Gasteiger charge is -2.06. The Labute approximate surface area is 105 Å². The fourth-order valence-corrected chi connectivity index (χ4v) is 2.07. The van der Waals surface area contributed by atoms with Gasteiger partial charge in [0, 0.05) is 18.9 Å². The average molecular weight is 262 g/mol. The number of hydrogen-bond acceptors (Lipinski definition) is 5. The number of aliphatic hydroxyl groups is 1. The Bertz CT molecular complexity index is 325. The number of halogens is 1. The highest BCUT2D eigenvalue weighted by atomic mass is 35.5. The SMILES string of the molecule is CCCNc1ncc(Cl)c(SCCCO)n1. The molecule has 1 heterocycles. The molecular formula is C10H16ClN3OS. The molecule has 0 radical (unpaired) electrons. The maximum absolute atomic E-state index is 8.69. The van der Waals surface area contributed by atoms with Gasteiger partial charge in [0.05, 0.1) is 11.2 Å². The molecular weight excluding hydrogens is 246 g/mol. The topological polar surface area (TPSA) is 58.0 Å². The largest absolute Gasteiger partial charge is 0.396 e. The molecule has 1 aromatic heterocycles. The maximum Gasteiger partial charge on any atom is 0.223 e. The molecule has 1 rings (SSSR count). The van der Waals surface area contributed by atoms with Crippen LogP contribution in [-0.4, -0.2) is 34.0 Å². The highest BCUT2D eigenvalue weighted by Gasteiger charge is 2.05. The van der Waals surface area contributed by atoms with Crippen LogP contribution in [0.1, 0.15) is 19.8 Å². The molecule has 0 aliphatic carbocycles. The van der Waals surface area contributed by atoms with Gasteiger partial charge in [-0.15, -0.1) is 11.8 Å². The Morgan fingerprint density at radius 1 is 1.56 bits per heavy atom. The Balaban J connectivity index is 2.59. The van der Waals surface area contributed by atoms with E-state index in [2.05, 4.69) is 22.2 Å². The molecule has 0 saturated heterocycles. The second-order valence-corrected chi connectivity index (χ2v) is 4.69. The van der Waals surface area contributed by atoms with Gasteiger partial charge in [0.15, 0.2) is 0 Å².